The fourth-order valence-corrected chi connectivity index (χ4v) is 2.89. The highest BCUT2D eigenvalue weighted by Crippen LogP contribution is 2.39. The van der Waals surface area contributed by atoms with Gasteiger partial charge in [-0.1, -0.05) is 6.07 Å². The summed E-state index contributed by atoms with van der Waals surface area (Å²) in [6, 6.07) is 10.4. The van der Waals surface area contributed by atoms with Gasteiger partial charge in [-0.25, -0.2) is 0 Å². The van der Waals surface area contributed by atoms with Crippen molar-refractivity contribution in [3.63, 3.8) is 0 Å². The van der Waals surface area contributed by atoms with E-state index < -0.39 is 0 Å². The molecule has 0 radical (unpaired) electrons. The van der Waals surface area contributed by atoms with Crippen LogP contribution in [0.15, 0.2) is 36.4 Å². The molecule has 2 aromatic rings. The summed E-state index contributed by atoms with van der Waals surface area (Å²) < 4.78 is 21.0. The molecule has 0 saturated carbocycles. The summed E-state index contributed by atoms with van der Waals surface area (Å²) in [7, 11) is 7.87. The largest absolute Gasteiger partial charge is 0.497 e. The first-order valence-electron chi connectivity index (χ1n) is 9.62. The van der Waals surface area contributed by atoms with Crippen LogP contribution in [0.4, 0.5) is 11.4 Å². The molecule has 0 atom stereocenters. The van der Waals surface area contributed by atoms with Gasteiger partial charge in [-0.05, 0) is 19.2 Å². The van der Waals surface area contributed by atoms with E-state index in [-0.39, 0.29) is 24.8 Å². The van der Waals surface area contributed by atoms with Crippen LogP contribution in [0, 0.1) is 0 Å². The number of nitrogens with zero attached hydrogens (tertiary/aromatic N) is 1. The second-order valence-electron chi connectivity index (χ2n) is 6.73. The van der Waals surface area contributed by atoms with Crippen molar-refractivity contribution in [2.45, 2.75) is 6.42 Å². The molecular formula is C22H29N3O6. The molecule has 2 rings (SSSR count). The van der Waals surface area contributed by atoms with E-state index in [1.807, 2.05) is 0 Å². The molecule has 2 aromatic carbocycles. The molecule has 0 aliphatic rings. The van der Waals surface area contributed by atoms with Crippen molar-refractivity contribution in [3.05, 3.63) is 36.4 Å². The smallest absolute Gasteiger partial charge is 0.238 e. The van der Waals surface area contributed by atoms with Crippen molar-refractivity contribution >= 4 is 23.2 Å². The van der Waals surface area contributed by atoms with Gasteiger partial charge < -0.3 is 29.6 Å². The number of anilines is 2. The fourth-order valence-electron chi connectivity index (χ4n) is 2.89. The first-order chi connectivity index (χ1) is 14.9. The van der Waals surface area contributed by atoms with Crippen LogP contribution in [0.25, 0.3) is 0 Å². The third kappa shape index (κ3) is 7.07. The van der Waals surface area contributed by atoms with Gasteiger partial charge in [0.2, 0.25) is 17.6 Å². The molecule has 0 saturated heterocycles. The van der Waals surface area contributed by atoms with Crippen LogP contribution in [0.1, 0.15) is 6.42 Å². The van der Waals surface area contributed by atoms with E-state index in [9.17, 15) is 9.59 Å². The van der Waals surface area contributed by atoms with E-state index in [0.29, 0.717) is 40.9 Å². The zero-order valence-corrected chi connectivity index (χ0v) is 18.5. The van der Waals surface area contributed by atoms with Crippen molar-refractivity contribution in [2.75, 3.05) is 59.2 Å². The van der Waals surface area contributed by atoms with Crippen LogP contribution in [0.3, 0.4) is 0 Å². The number of ether oxygens (including phenoxy) is 4. The molecule has 2 amide bonds. The summed E-state index contributed by atoms with van der Waals surface area (Å²) in [4.78, 5) is 26.3. The van der Waals surface area contributed by atoms with E-state index in [2.05, 4.69) is 10.6 Å². The Morgan fingerprint density at radius 1 is 0.839 bits per heavy atom. The summed E-state index contributed by atoms with van der Waals surface area (Å²) in [5, 5.41) is 5.62. The molecule has 0 aromatic heterocycles. The predicted molar refractivity (Wildman–Crippen MR) is 118 cm³/mol. The summed E-state index contributed by atoms with van der Waals surface area (Å²) in [5.41, 5.74) is 1.18. The summed E-state index contributed by atoms with van der Waals surface area (Å²) in [6.45, 7) is 0.552. The molecule has 0 unspecified atom stereocenters. The summed E-state index contributed by atoms with van der Waals surface area (Å²) in [5.74, 6) is 1.63. The minimum atomic E-state index is -0.200. The molecule has 0 spiro atoms. The van der Waals surface area contributed by atoms with E-state index in [1.165, 1.54) is 21.3 Å². The SMILES string of the molecule is COc1cccc(NC(=O)CN(C)CCC(=O)Nc2cc(OC)c(OC)c(OC)c2)c1. The molecular weight excluding hydrogens is 402 g/mol. The highest BCUT2D eigenvalue weighted by atomic mass is 16.5. The normalized spacial score (nSPS) is 10.4. The minimum Gasteiger partial charge on any atom is -0.497 e. The lowest BCUT2D eigenvalue weighted by Gasteiger charge is -2.17. The van der Waals surface area contributed by atoms with Crippen molar-refractivity contribution < 1.29 is 28.5 Å². The van der Waals surface area contributed by atoms with Crippen LogP contribution in [-0.2, 0) is 9.59 Å². The van der Waals surface area contributed by atoms with Crippen LogP contribution in [0.5, 0.6) is 23.0 Å². The Kier molecular flexibility index (Phi) is 8.95. The Hall–Kier alpha value is -3.46. The Balaban J connectivity index is 1.85. The lowest BCUT2D eigenvalue weighted by atomic mass is 10.2. The van der Waals surface area contributed by atoms with Crippen molar-refractivity contribution in [2.24, 2.45) is 0 Å². The monoisotopic (exact) mass is 431 g/mol. The maximum absolute atomic E-state index is 12.4. The lowest BCUT2D eigenvalue weighted by molar-refractivity contribution is -0.119. The zero-order chi connectivity index (χ0) is 22.8. The van der Waals surface area contributed by atoms with Gasteiger partial charge in [0.15, 0.2) is 11.5 Å². The maximum atomic E-state index is 12.4. The summed E-state index contributed by atoms with van der Waals surface area (Å²) in [6.07, 6.45) is 0.208. The first kappa shape index (κ1) is 23.8. The van der Waals surface area contributed by atoms with E-state index in [1.54, 1.807) is 55.5 Å². The van der Waals surface area contributed by atoms with Crippen molar-refractivity contribution in [3.8, 4) is 23.0 Å². The number of carbonyl (C=O) groups is 2. The molecule has 0 aliphatic carbocycles. The number of nitrogens with one attached hydrogen (secondary N) is 2. The van der Waals surface area contributed by atoms with Crippen LogP contribution < -0.4 is 29.6 Å². The fraction of sp³-hybridized carbons (Fsp3) is 0.364. The van der Waals surface area contributed by atoms with E-state index >= 15 is 0 Å². The number of benzene rings is 2. The number of hydrogen-bond acceptors (Lipinski definition) is 7. The number of likely N-dealkylation sites (N-methyl/N-ethyl adjacent to an activating group) is 1. The van der Waals surface area contributed by atoms with Crippen molar-refractivity contribution in [1.29, 1.82) is 0 Å². The van der Waals surface area contributed by atoms with Gasteiger partial charge in [-0.2, -0.15) is 0 Å². The number of rotatable bonds is 11. The highest BCUT2D eigenvalue weighted by Gasteiger charge is 2.15. The lowest BCUT2D eigenvalue weighted by Crippen LogP contribution is -2.32. The Morgan fingerprint density at radius 3 is 2.06 bits per heavy atom. The van der Waals surface area contributed by atoms with Crippen LogP contribution in [0.2, 0.25) is 0 Å². The van der Waals surface area contributed by atoms with Gasteiger partial charge in [0, 0.05) is 42.5 Å². The second kappa shape index (κ2) is 11.7. The third-order valence-corrected chi connectivity index (χ3v) is 4.44. The first-order valence-corrected chi connectivity index (χ1v) is 9.62. The van der Waals surface area contributed by atoms with Gasteiger partial charge in [0.25, 0.3) is 0 Å². The zero-order valence-electron chi connectivity index (χ0n) is 18.5. The standard InChI is InChI=1S/C22H29N3O6/c1-25(14-21(27)23-15-7-6-8-17(11-15)28-2)10-9-20(26)24-16-12-18(29-3)22(31-5)19(13-16)30-4/h6-8,11-13H,9-10,14H2,1-5H3,(H,23,27)(H,24,26). The number of amides is 2. The van der Waals surface area contributed by atoms with Crippen LogP contribution in [-0.4, -0.2) is 65.3 Å². The molecule has 0 bridgehead atoms. The molecule has 168 valence electrons. The third-order valence-electron chi connectivity index (χ3n) is 4.44. The Labute approximate surface area is 182 Å². The van der Waals surface area contributed by atoms with Gasteiger partial charge in [-0.15, -0.1) is 0 Å². The van der Waals surface area contributed by atoms with Gasteiger partial charge in [0.1, 0.15) is 5.75 Å². The van der Waals surface area contributed by atoms with Gasteiger partial charge >= 0.3 is 0 Å². The van der Waals surface area contributed by atoms with Crippen molar-refractivity contribution in [1.82, 2.24) is 4.90 Å². The second-order valence-corrected chi connectivity index (χ2v) is 6.73. The number of methoxy groups -OCH3 is 4. The quantitative estimate of drug-likeness (QED) is 0.564. The number of carbonyl (C=O) groups excluding carboxylic acids is 2. The molecule has 9 nitrogen and oxygen atoms in total. The molecule has 2 N–H and O–H groups in total. The summed E-state index contributed by atoms with van der Waals surface area (Å²) >= 11 is 0. The average Bonchev–Trinajstić information content (AvgIpc) is 2.76. The topological polar surface area (TPSA) is 98.4 Å². The molecule has 0 aliphatic heterocycles. The average molecular weight is 431 g/mol. The Bertz CT molecular complexity index is 878. The number of hydrogen-bond donors (Lipinski definition) is 2. The van der Waals surface area contributed by atoms with E-state index in [0.717, 1.165) is 0 Å². The van der Waals surface area contributed by atoms with Crippen LogP contribution >= 0.6 is 0 Å². The van der Waals surface area contributed by atoms with Gasteiger partial charge in [-0.3, -0.25) is 14.5 Å². The maximum Gasteiger partial charge on any atom is 0.238 e. The predicted octanol–water partition coefficient (Wildman–Crippen LogP) is 2.62. The highest BCUT2D eigenvalue weighted by molar-refractivity contribution is 5.93. The molecule has 31 heavy (non-hydrogen) atoms. The minimum absolute atomic E-state index is 0.147. The molecule has 0 fully saturated rings. The van der Waals surface area contributed by atoms with E-state index in [4.69, 9.17) is 18.9 Å². The van der Waals surface area contributed by atoms with Gasteiger partial charge in [0.05, 0.1) is 35.0 Å². The Morgan fingerprint density at radius 2 is 1.48 bits per heavy atom. The molecule has 0 heterocycles. The molecule has 9 heteroatoms.